The molecular formula is C27H16Br2F6. The van der Waals surface area contributed by atoms with Crippen LogP contribution in [-0.4, -0.2) is 0 Å². The van der Waals surface area contributed by atoms with E-state index < -0.39 is 29.9 Å². The maximum atomic E-state index is 14.1. The Hall–Kier alpha value is -2.58. The molecule has 4 aromatic carbocycles. The quantitative estimate of drug-likeness (QED) is 0.201. The van der Waals surface area contributed by atoms with Crippen molar-refractivity contribution in [1.29, 1.82) is 0 Å². The highest BCUT2D eigenvalue weighted by molar-refractivity contribution is 9.10. The molecule has 0 heterocycles. The van der Waals surface area contributed by atoms with Crippen molar-refractivity contribution in [2.45, 2.75) is 18.8 Å². The van der Waals surface area contributed by atoms with Crippen molar-refractivity contribution in [2.24, 2.45) is 0 Å². The van der Waals surface area contributed by atoms with Crippen LogP contribution in [0.1, 0.15) is 22.3 Å². The van der Waals surface area contributed by atoms with E-state index in [4.69, 9.17) is 0 Å². The summed E-state index contributed by atoms with van der Waals surface area (Å²) >= 11 is 6.40. The standard InChI is InChI=1S/C27H16Br2F6/c28-24-13-18(16-7-3-1-4-8-16)11-22(26(30,31)32)20(24)15-21-23(27(33,34)35)12-19(14-25(21)29)17-9-5-2-6-10-17/h1-14H,15H2. The summed E-state index contributed by atoms with van der Waals surface area (Å²) in [7, 11) is 0. The van der Waals surface area contributed by atoms with Crippen LogP contribution in [0.2, 0.25) is 0 Å². The lowest BCUT2D eigenvalue weighted by molar-refractivity contribution is -0.138. The van der Waals surface area contributed by atoms with Crippen LogP contribution in [0.15, 0.2) is 93.9 Å². The van der Waals surface area contributed by atoms with Gasteiger partial charge in [0.2, 0.25) is 0 Å². The smallest absolute Gasteiger partial charge is 0.166 e. The molecule has 0 aromatic heterocycles. The third kappa shape index (κ3) is 5.64. The van der Waals surface area contributed by atoms with Gasteiger partial charge >= 0.3 is 12.4 Å². The van der Waals surface area contributed by atoms with E-state index in [2.05, 4.69) is 31.9 Å². The van der Waals surface area contributed by atoms with Gasteiger partial charge in [0.15, 0.2) is 0 Å². The van der Waals surface area contributed by atoms with E-state index >= 15 is 0 Å². The Bertz CT molecular complexity index is 1240. The Kier molecular flexibility index (Phi) is 7.16. The molecule has 4 aromatic rings. The Morgan fingerprint density at radius 2 is 0.829 bits per heavy atom. The number of rotatable bonds is 4. The van der Waals surface area contributed by atoms with E-state index in [1.54, 1.807) is 60.7 Å². The van der Waals surface area contributed by atoms with Gasteiger partial charge in [-0.15, -0.1) is 0 Å². The van der Waals surface area contributed by atoms with E-state index in [-0.39, 0.29) is 20.1 Å². The summed E-state index contributed by atoms with van der Waals surface area (Å²) in [5, 5.41) is 0. The highest BCUT2D eigenvalue weighted by Crippen LogP contribution is 2.44. The largest absolute Gasteiger partial charge is 0.416 e. The average molecular weight is 614 g/mol. The minimum atomic E-state index is -4.77. The SMILES string of the molecule is FC(F)(F)c1cc(-c2ccccc2)cc(Br)c1Cc1c(Br)cc(-c2ccccc2)cc1C(F)(F)F. The van der Waals surface area contributed by atoms with Crippen LogP contribution in [0.25, 0.3) is 22.3 Å². The first-order chi connectivity index (χ1) is 16.4. The molecule has 0 unspecified atom stereocenters. The predicted molar refractivity (Wildman–Crippen MR) is 132 cm³/mol. The average Bonchev–Trinajstić information content (AvgIpc) is 2.80. The lowest BCUT2D eigenvalue weighted by atomic mass is 9.91. The molecule has 35 heavy (non-hydrogen) atoms. The monoisotopic (exact) mass is 612 g/mol. The van der Waals surface area contributed by atoms with Crippen molar-refractivity contribution in [3.8, 4) is 22.3 Å². The Balaban J connectivity index is 1.88. The molecule has 180 valence electrons. The van der Waals surface area contributed by atoms with Crippen LogP contribution < -0.4 is 0 Å². The van der Waals surface area contributed by atoms with Crippen LogP contribution in [-0.2, 0) is 18.8 Å². The zero-order chi connectivity index (χ0) is 25.4. The van der Waals surface area contributed by atoms with Crippen molar-refractivity contribution >= 4 is 31.9 Å². The highest BCUT2D eigenvalue weighted by Gasteiger charge is 2.38. The second-order valence-electron chi connectivity index (χ2n) is 7.87. The van der Waals surface area contributed by atoms with E-state index in [1.165, 1.54) is 12.1 Å². The summed E-state index contributed by atoms with van der Waals surface area (Å²) in [5.74, 6) is 0. The molecule has 4 rings (SSSR count). The topological polar surface area (TPSA) is 0 Å². The zero-order valence-electron chi connectivity index (χ0n) is 17.8. The molecule has 0 atom stereocenters. The van der Waals surface area contributed by atoms with Gasteiger partial charge in [-0.05, 0) is 57.6 Å². The Morgan fingerprint density at radius 3 is 1.14 bits per heavy atom. The first-order valence-corrected chi connectivity index (χ1v) is 11.9. The molecule has 0 bridgehead atoms. The van der Waals surface area contributed by atoms with Crippen molar-refractivity contribution in [3.05, 3.63) is 116 Å². The summed E-state index contributed by atoms with van der Waals surface area (Å²) in [6, 6.07) is 21.9. The first-order valence-electron chi connectivity index (χ1n) is 10.3. The number of hydrogen-bond donors (Lipinski definition) is 0. The van der Waals surface area contributed by atoms with Gasteiger partial charge < -0.3 is 0 Å². The second-order valence-corrected chi connectivity index (χ2v) is 9.58. The van der Waals surface area contributed by atoms with Crippen LogP contribution in [0, 0.1) is 0 Å². The molecule has 0 aliphatic heterocycles. The summed E-state index contributed by atoms with van der Waals surface area (Å²) in [6.45, 7) is 0. The zero-order valence-corrected chi connectivity index (χ0v) is 21.0. The summed E-state index contributed by atoms with van der Waals surface area (Å²) in [5.41, 5.74) is -0.766. The van der Waals surface area contributed by atoms with Gasteiger partial charge in [0.1, 0.15) is 0 Å². The number of alkyl halides is 6. The molecule has 0 saturated heterocycles. The maximum Gasteiger partial charge on any atom is 0.416 e. The number of halogens is 8. The lowest BCUT2D eigenvalue weighted by Crippen LogP contribution is -2.14. The molecule has 0 N–H and O–H groups in total. The van der Waals surface area contributed by atoms with E-state index in [1.807, 2.05) is 0 Å². The van der Waals surface area contributed by atoms with Gasteiger partial charge in [0.05, 0.1) is 11.1 Å². The van der Waals surface area contributed by atoms with Gasteiger partial charge in [0, 0.05) is 15.4 Å². The van der Waals surface area contributed by atoms with Gasteiger partial charge in [-0.3, -0.25) is 0 Å². The third-order valence-corrected chi connectivity index (χ3v) is 6.98. The van der Waals surface area contributed by atoms with Crippen LogP contribution in [0.4, 0.5) is 26.3 Å². The fourth-order valence-corrected chi connectivity index (χ4v) is 5.11. The minimum absolute atomic E-state index is 0.0818. The Morgan fingerprint density at radius 1 is 0.486 bits per heavy atom. The maximum absolute atomic E-state index is 14.1. The number of benzene rings is 4. The van der Waals surface area contributed by atoms with Crippen LogP contribution >= 0.6 is 31.9 Å². The molecule has 8 heteroatoms. The minimum Gasteiger partial charge on any atom is -0.166 e. The lowest BCUT2D eigenvalue weighted by Gasteiger charge is -2.21. The van der Waals surface area contributed by atoms with Gasteiger partial charge in [-0.1, -0.05) is 92.5 Å². The van der Waals surface area contributed by atoms with Gasteiger partial charge in [-0.25, -0.2) is 0 Å². The second kappa shape index (κ2) is 9.82. The van der Waals surface area contributed by atoms with Crippen molar-refractivity contribution in [2.75, 3.05) is 0 Å². The number of hydrogen-bond acceptors (Lipinski definition) is 0. The molecule has 0 aliphatic rings. The van der Waals surface area contributed by atoms with Crippen molar-refractivity contribution < 1.29 is 26.3 Å². The predicted octanol–water partition coefficient (Wildman–Crippen LogP) is 10.2. The molecule has 0 saturated carbocycles. The summed E-state index contributed by atoms with van der Waals surface area (Å²) in [6.07, 6.45) is -10.1. The van der Waals surface area contributed by atoms with Gasteiger partial charge in [0.25, 0.3) is 0 Å². The molecule has 0 radical (unpaired) electrons. The third-order valence-electron chi connectivity index (χ3n) is 5.57. The molecule has 0 aliphatic carbocycles. The Labute approximate surface area is 214 Å². The fraction of sp³-hybridized carbons (Fsp3) is 0.111. The molecule has 0 amide bonds. The van der Waals surface area contributed by atoms with E-state index in [9.17, 15) is 26.3 Å². The summed E-state index contributed by atoms with van der Waals surface area (Å²) in [4.78, 5) is 0. The molecule has 0 spiro atoms. The van der Waals surface area contributed by atoms with Crippen LogP contribution in [0.5, 0.6) is 0 Å². The summed E-state index contributed by atoms with van der Waals surface area (Å²) < 4.78 is 84.7. The van der Waals surface area contributed by atoms with Crippen LogP contribution in [0.3, 0.4) is 0 Å². The first kappa shape index (κ1) is 25.5. The van der Waals surface area contributed by atoms with Gasteiger partial charge in [-0.2, -0.15) is 26.3 Å². The highest BCUT2D eigenvalue weighted by atomic mass is 79.9. The molecule has 0 fully saturated rings. The van der Waals surface area contributed by atoms with Crippen molar-refractivity contribution in [1.82, 2.24) is 0 Å². The van der Waals surface area contributed by atoms with E-state index in [0.717, 1.165) is 12.1 Å². The normalized spacial score (nSPS) is 12.1. The molecular weight excluding hydrogens is 598 g/mol. The molecule has 0 nitrogen and oxygen atoms in total. The fourth-order valence-electron chi connectivity index (χ4n) is 3.91. The van der Waals surface area contributed by atoms with E-state index in [0.29, 0.717) is 22.3 Å². The van der Waals surface area contributed by atoms with Crippen molar-refractivity contribution in [3.63, 3.8) is 0 Å².